The smallest absolute Gasteiger partial charge is 0.158 e. The molecule has 110 valence electrons. The minimum Gasteiger partial charge on any atom is -0.387 e. The highest BCUT2D eigenvalue weighted by atomic mass is 16.7. The van der Waals surface area contributed by atoms with Crippen molar-refractivity contribution in [1.82, 2.24) is 4.98 Å². The Morgan fingerprint density at radius 1 is 1.25 bits per heavy atom. The van der Waals surface area contributed by atoms with Gasteiger partial charge in [-0.2, -0.15) is 0 Å². The topological polar surface area (TPSA) is 93.1 Å². The quantitative estimate of drug-likeness (QED) is 0.686. The Balaban J connectivity index is 1.71. The lowest BCUT2D eigenvalue weighted by Gasteiger charge is -2.46. The third kappa shape index (κ3) is 2.63. The fourth-order valence-electron chi connectivity index (χ4n) is 2.45. The second-order valence-electron chi connectivity index (χ2n) is 4.94. The molecule has 2 aliphatic rings. The summed E-state index contributed by atoms with van der Waals surface area (Å²) in [5.74, 6) is 0.563. The Morgan fingerprint density at radius 2 is 2.10 bits per heavy atom. The van der Waals surface area contributed by atoms with E-state index in [1.807, 2.05) is 6.07 Å². The molecule has 0 bridgehead atoms. The molecule has 2 aliphatic heterocycles. The molecule has 1 aromatic rings. The fraction of sp³-hybridized carbons (Fsp3) is 0.615. The van der Waals surface area contributed by atoms with Gasteiger partial charge in [-0.3, -0.25) is 0 Å². The number of aromatic nitrogens is 1. The average molecular weight is 282 g/mol. The third-order valence-corrected chi connectivity index (χ3v) is 3.48. The van der Waals surface area contributed by atoms with Crippen molar-refractivity contribution >= 4 is 5.82 Å². The molecule has 0 aromatic carbocycles. The van der Waals surface area contributed by atoms with Gasteiger partial charge >= 0.3 is 0 Å². The summed E-state index contributed by atoms with van der Waals surface area (Å²) < 4.78 is 16.5. The molecule has 6 atom stereocenters. The van der Waals surface area contributed by atoms with Crippen LogP contribution in [0.15, 0.2) is 24.4 Å². The lowest BCUT2D eigenvalue weighted by Crippen LogP contribution is -2.64. The Labute approximate surface area is 116 Å². The second kappa shape index (κ2) is 5.63. The molecule has 0 aliphatic carbocycles. The standard InChI is InChI=1S/C13H18N2O5/c1-7-18-6-8-12(19-7)10(16)11(17)13(20-8)15-9-4-2-3-5-14-9/h2-5,7-8,10-13,16-17H,6H2,1H3,(H,14,15)/t7?,8-,10-,11-,12-,13-/m1/s1. The summed E-state index contributed by atoms with van der Waals surface area (Å²) in [6.45, 7) is 2.06. The molecule has 0 radical (unpaired) electrons. The lowest BCUT2D eigenvalue weighted by atomic mass is 9.97. The zero-order chi connectivity index (χ0) is 14.1. The Hall–Kier alpha value is -1.25. The minimum atomic E-state index is -1.11. The summed E-state index contributed by atoms with van der Waals surface area (Å²) in [6.07, 6.45) is -2.71. The van der Waals surface area contributed by atoms with Gasteiger partial charge in [0.2, 0.25) is 0 Å². The molecule has 1 unspecified atom stereocenters. The van der Waals surface area contributed by atoms with Crippen molar-refractivity contribution in [2.75, 3.05) is 11.9 Å². The molecule has 0 spiro atoms. The van der Waals surface area contributed by atoms with Gasteiger partial charge in [-0.05, 0) is 19.1 Å². The van der Waals surface area contributed by atoms with Crippen LogP contribution in [0.3, 0.4) is 0 Å². The molecular weight excluding hydrogens is 264 g/mol. The minimum absolute atomic E-state index is 0.315. The van der Waals surface area contributed by atoms with E-state index in [1.165, 1.54) is 0 Å². The maximum atomic E-state index is 10.2. The van der Waals surface area contributed by atoms with Gasteiger partial charge in [0.1, 0.15) is 30.2 Å². The Bertz CT molecular complexity index is 444. The molecule has 20 heavy (non-hydrogen) atoms. The van der Waals surface area contributed by atoms with Gasteiger partial charge in [-0.25, -0.2) is 4.98 Å². The first-order chi connectivity index (χ1) is 9.65. The van der Waals surface area contributed by atoms with Gasteiger partial charge < -0.3 is 29.7 Å². The summed E-state index contributed by atoms with van der Waals surface area (Å²) >= 11 is 0. The van der Waals surface area contributed by atoms with E-state index in [1.54, 1.807) is 25.3 Å². The van der Waals surface area contributed by atoms with E-state index in [4.69, 9.17) is 14.2 Å². The number of nitrogens with zero attached hydrogens (tertiary/aromatic N) is 1. The number of ether oxygens (including phenoxy) is 3. The van der Waals surface area contributed by atoms with Crippen LogP contribution in [0.2, 0.25) is 0 Å². The molecule has 2 saturated heterocycles. The summed E-state index contributed by atoms with van der Waals surface area (Å²) in [4.78, 5) is 4.10. The molecule has 3 rings (SSSR count). The number of anilines is 1. The van der Waals surface area contributed by atoms with E-state index in [9.17, 15) is 10.2 Å². The van der Waals surface area contributed by atoms with E-state index in [0.717, 1.165) is 0 Å². The van der Waals surface area contributed by atoms with Gasteiger partial charge in [-0.1, -0.05) is 6.07 Å². The first-order valence-electron chi connectivity index (χ1n) is 6.61. The van der Waals surface area contributed by atoms with Crippen LogP contribution >= 0.6 is 0 Å². The summed E-state index contributed by atoms with van der Waals surface area (Å²) in [5.41, 5.74) is 0. The van der Waals surface area contributed by atoms with E-state index in [-0.39, 0.29) is 0 Å². The zero-order valence-electron chi connectivity index (χ0n) is 11.0. The van der Waals surface area contributed by atoms with Gasteiger partial charge in [0.25, 0.3) is 0 Å². The van der Waals surface area contributed by atoms with Crippen molar-refractivity contribution < 1.29 is 24.4 Å². The van der Waals surface area contributed by atoms with E-state index in [0.29, 0.717) is 12.4 Å². The lowest BCUT2D eigenvalue weighted by molar-refractivity contribution is -0.317. The maximum absolute atomic E-state index is 10.2. The van der Waals surface area contributed by atoms with Crippen molar-refractivity contribution in [3.05, 3.63) is 24.4 Å². The molecule has 7 nitrogen and oxygen atoms in total. The number of hydrogen-bond donors (Lipinski definition) is 3. The van der Waals surface area contributed by atoms with E-state index >= 15 is 0 Å². The van der Waals surface area contributed by atoms with Crippen LogP contribution in [-0.2, 0) is 14.2 Å². The number of hydrogen-bond acceptors (Lipinski definition) is 7. The van der Waals surface area contributed by atoms with Crippen LogP contribution in [0.5, 0.6) is 0 Å². The van der Waals surface area contributed by atoms with Crippen LogP contribution in [0, 0.1) is 0 Å². The van der Waals surface area contributed by atoms with Crippen molar-refractivity contribution in [1.29, 1.82) is 0 Å². The van der Waals surface area contributed by atoms with Crippen LogP contribution in [0.4, 0.5) is 5.82 Å². The first kappa shape index (κ1) is 13.7. The number of aliphatic hydroxyl groups excluding tert-OH is 2. The normalized spacial score (nSPS) is 41.0. The van der Waals surface area contributed by atoms with E-state index < -0.39 is 36.9 Å². The van der Waals surface area contributed by atoms with Crippen LogP contribution in [0.1, 0.15) is 6.92 Å². The van der Waals surface area contributed by atoms with Crippen molar-refractivity contribution in [3.8, 4) is 0 Å². The highest BCUT2D eigenvalue weighted by Crippen LogP contribution is 2.28. The average Bonchev–Trinajstić information content (AvgIpc) is 2.46. The predicted octanol–water partition coefficient (Wildman–Crippen LogP) is -0.298. The summed E-state index contributed by atoms with van der Waals surface area (Å²) in [7, 11) is 0. The summed E-state index contributed by atoms with van der Waals surface area (Å²) in [6, 6.07) is 5.36. The number of fused-ring (bicyclic) bond motifs is 1. The number of aliphatic hydroxyl groups is 2. The van der Waals surface area contributed by atoms with Crippen molar-refractivity contribution in [3.63, 3.8) is 0 Å². The molecule has 7 heteroatoms. The summed E-state index contributed by atoms with van der Waals surface area (Å²) in [5, 5.41) is 23.3. The van der Waals surface area contributed by atoms with Crippen LogP contribution in [-0.4, -0.2) is 58.7 Å². The van der Waals surface area contributed by atoms with Gasteiger partial charge in [-0.15, -0.1) is 0 Å². The van der Waals surface area contributed by atoms with Gasteiger partial charge in [0.05, 0.1) is 6.61 Å². The zero-order valence-corrected chi connectivity index (χ0v) is 11.0. The monoisotopic (exact) mass is 282 g/mol. The second-order valence-corrected chi connectivity index (χ2v) is 4.94. The fourth-order valence-corrected chi connectivity index (χ4v) is 2.45. The molecule has 3 N–H and O–H groups in total. The van der Waals surface area contributed by atoms with Gasteiger partial charge in [0, 0.05) is 6.20 Å². The predicted molar refractivity (Wildman–Crippen MR) is 68.8 cm³/mol. The molecule has 1 aromatic heterocycles. The molecule has 0 saturated carbocycles. The van der Waals surface area contributed by atoms with Gasteiger partial charge in [0.15, 0.2) is 12.5 Å². The van der Waals surface area contributed by atoms with E-state index in [2.05, 4.69) is 10.3 Å². The molecular formula is C13H18N2O5. The number of pyridine rings is 1. The molecule has 0 amide bonds. The highest BCUT2D eigenvalue weighted by molar-refractivity contribution is 5.34. The molecule has 3 heterocycles. The number of nitrogens with one attached hydrogen (secondary N) is 1. The van der Waals surface area contributed by atoms with Crippen LogP contribution < -0.4 is 5.32 Å². The Kier molecular flexibility index (Phi) is 3.86. The third-order valence-electron chi connectivity index (χ3n) is 3.48. The number of rotatable bonds is 2. The van der Waals surface area contributed by atoms with Crippen molar-refractivity contribution in [2.24, 2.45) is 0 Å². The highest BCUT2D eigenvalue weighted by Gasteiger charge is 2.48. The maximum Gasteiger partial charge on any atom is 0.158 e. The van der Waals surface area contributed by atoms with Crippen LogP contribution in [0.25, 0.3) is 0 Å². The van der Waals surface area contributed by atoms with Crippen molar-refractivity contribution in [2.45, 2.75) is 43.9 Å². The SMILES string of the molecule is CC1OC[C@H]2O[C@@H](Nc3ccccn3)[C@H](O)[C@@H](O)[C@@H]2O1. The first-order valence-corrected chi connectivity index (χ1v) is 6.61. The Morgan fingerprint density at radius 3 is 2.85 bits per heavy atom. The molecule has 2 fully saturated rings. The largest absolute Gasteiger partial charge is 0.387 e.